The summed E-state index contributed by atoms with van der Waals surface area (Å²) >= 11 is 0. The molecule has 23 heavy (non-hydrogen) atoms. The van der Waals surface area contributed by atoms with E-state index in [1.807, 2.05) is 0 Å². The second-order valence-corrected chi connectivity index (χ2v) is 6.88. The van der Waals surface area contributed by atoms with Crippen molar-refractivity contribution in [3.63, 3.8) is 0 Å². The molecular formula is C14H15F7O2. The maximum atomic E-state index is 13.7. The lowest BCUT2D eigenvalue weighted by Crippen LogP contribution is -2.53. The van der Waals surface area contributed by atoms with Gasteiger partial charge in [-0.1, -0.05) is 20.8 Å². The number of aliphatic hydroxyl groups is 1. The van der Waals surface area contributed by atoms with Gasteiger partial charge in [-0.3, -0.25) is 4.79 Å². The van der Waals surface area contributed by atoms with E-state index >= 15 is 0 Å². The smallest absolute Gasteiger partial charge is 0.460 e. The second kappa shape index (κ2) is 4.42. The number of Topliss-reactive ketones (excluding diaryl/α,β-unsaturated/α-hetero) is 1. The molecule has 2 bridgehead atoms. The molecule has 0 amide bonds. The molecule has 2 rings (SSSR count). The number of fused-ring (bicyclic) bond motifs is 2. The maximum absolute atomic E-state index is 13.7. The highest BCUT2D eigenvalue weighted by Crippen LogP contribution is 2.67. The number of hydrogen-bond acceptors (Lipinski definition) is 2. The van der Waals surface area contributed by atoms with Gasteiger partial charge in [-0.15, -0.1) is 0 Å². The highest BCUT2D eigenvalue weighted by Gasteiger charge is 2.76. The summed E-state index contributed by atoms with van der Waals surface area (Å²) in [7, 11) is 0. The minimum atomic E-state index is -6.56. The molecule has 2 nitrogen and oxygen atoms in total. The van der Waals surface area contributed by atoms with Gasteiger partial charge in [0.15, 0.2) is 11.5 Å². The van der Waals surface area contributed by atoms with Crippen LogP contribution in [0.4, 0.5) is 30.7 Å². The summed E-state index contributed by atoms with van der Waals surface area (Å²) in [5.74, 6) is -16.8. The van der Waals surface area contributed by atoms with E-state index in [0.29, 0.717) is 6.42 Å². The van der Waals surface area contributed by atoms with E-state index in [1.54, 1.807) is 13.8 Å². The molecule has 0 aliphatic heterocycles. The summed E-state index contributed by atoms with van der Waals surface area (Å²) in [6.07, 6.45) is -6.12. The molecule has 9 heteroatoms. The zero-order valence-corrected chi connectivity index (χ0v) is 12.5. The Balaban J connectivity index is 2.62. The molecule has 2 aliphatic carbocycles. The van der Waals surface area contributed by atoms with Crippen LogP contribution in [0.3, 0.4) is 0 Å². The number of alkyl halides is 7. The first kappa shape index (κ1) is 18.1. The Morgan fingerprint density at radius 1 is 1.09 bits per heavy atom. The highest BCUT2D eigenvalue weighted by atomic mass is 19.4. The number of ketones is 1. The van der Waals surface area contributed by atoms with Crippen molar-refractivity contribution in [3.05, 3.63) is 11.3 Å². The minimum Gasteiger partial charge on any atom is -0.506 e. The van der Waals surface area contributed by atoms with Gasteiger partial charge in [0.25, 0.3) is 0 Å². The predicted octanol–water partition coefficient (Wildman–Crippen LogP) is 4.66. The molecule has 132 valence electrons. The van der Waals surface area contributed by atoms with E-state index in [9.17, 15) is 40.6 Å². The number of rotatable bonds is 2. The molecule has 2 fully saturated rings. The molecule has 0 heterocycles. The van der Waals surface area contributed by atoms with Crippen molar-refractivity contribution in [1.82, 2.24) is 0 Å². The highest BCUT2D eigenvalue weighted by molar-refractivity contribution is 6.05. The molecule has 2 atom stereocenters. The summed E-state index contributed by atoms with van der Waals surface area (Å²) in [6.45, 7) is 4.53. The number of allylic oxidation sites excluding steroid dienone is 2. The van der Waals surface area contributed by atoms with Gasteiger partial charge in [-0.2, -0.15) is 30.7 Å². The van der Waals surface area contributed by atoms with Crippen molar-refractivity contribution < 1.29 is 40.6 Å². The number of carbonyl (C=O) groups is 1. The van der Waals surface area contributed by atoms with Crippen LogP contribution in [0.15, 0.2) is 11.3 Å². The SMILES string of the molecule is CC1(C)[C@@H]2CC[C@@]1(C)C(=O)C2=C(O)C(F)(F)C(F)(F)C(F)(F)F. The second-order valence-electron chi connectivity index (χ2n) is 6.88. The zero-order chi connectivity index (χ0) is 18.2. The number of aliphatic hydroxyl groups excluding tert-OH is 1. The first-order valence-electron chi connectivity index (χ1n) is 6.84. The van der Waals surface area contributed by atoms with E-state index in [0.717, 1.165) is 0 Å². The summed E-state index contributed by atoms with van der Waals surface area (Å²) in [6, 6.07) is 0. The Bertz CT molecular complexity index is 588. The molecule has 0 unspecified atom stereocenters. The van der Waals surface area contributed by atoms with E-state index in [4.69, 9.17) is 0 Å². The van der Waals surface area contributed by atoms with Crippen LogP contribution in [0.25, 0.3) is 0 Å². The maximum Gasteiger partial charge on any atom is 0.460 e. The third kappa shape index (κ3) is 1.91. The van der Waals surface area contributed by atoms with Crippen LogP contribution in [0.2, 0.25) is 0 Å². The van der Waals surface area contributed by atoms with Gasteiger partial charge in [0.05, 0.1) is 0 Å². The summed E-state index contributed by atoms with van der Waals surface area (Å²) in [5, 5.41) is 9.54. The Labute approximate surface area is 127 Å². The average Bonchev–Trinajstić information content (AvgIpc) is 2.68. The van der Waals surface area contributed by atoms with Crippen LogP contribution in [-0.4, -0.2) is 28.9 Å². The van der Waals surface area contributed by atoms with Gasteiger partial charge in [-0.05, 0) is 24.2 Å². The molecule has 0 aromatic heterocycles. The van der Waals surface area contributed by atoms with Gasteiger partial charge in [0.1, 0.15) is 0 Å². The fourth-order valence-corrected chi connectivity index (χ4v) is 3.64. The zero-order valence-electron chi connectivity index (χ0n) is 12.5. The average molecular weight is 348 g/mol. The van der Waals surface area contributed by atoms with Crippen LogP contribution in [0.1, 0.15) is 33.6 Å². The predicted molar refractivity (Wildman–Crippen MR) is 65.2 cm³/mol. The summed E-state index contributed by atoms with van der Waals surface area (Å²) < 4.78 is 90.3. The lowest BCUT2D eigenvalue weighted by atomic mass is 9.70. The van der Waals surface area contributed by atoms with E-state index in [-0.39, 0.29) is 6.42 Å². The molecule has 0 spiro atoms. The first-order valence-corrected chi connectivity index (χ1v) is 6.84. The number of halogens is 7. The lowest BCUT2D eigenvalue weighted by molar-refractivity contribution is -0.349. The lowest BCUT2D eigenvalue weighted by Gasteiger charge is -2.31. The number of carbonyl (C=O) groups excluding carboxylic acids is 1. The van der Waals surface area contributed by atoms with Crippen molar-refractivity contribution in [2.45, 2.75) is 51.6 Å². The number of hydrogen-bond donors (Lipinski definition) is 1. The van der Waals surface area contributed by atoms with Crippen LogP contribution in [0.5, 0.6) is 0 Å². The van der Waals surface area contributed by atoms with Crippen LogP contribution >= 0.6 is 0 Å². The minimum absolute atomic E-state index is 0.155. The molecule has 0 saturated heterocycles. The quantitative estimate of drug-likeness (QED) is 0.448. The van der Waals surface area contributed by atoms with Crippen molar-refractivity contribution in [3.8, 4) is 0 Å². The van der Waals surface area contributed by atoms with Crippen LogP contribution in [-0.2, 0) is 4.79 Å². The van der Waals surface area contributed by atoms with E-state index < -0.39 is 51.9 Å². The van der Waals surface area contributed by atoms with Gasteiger partial charge in [0.2, 0.25) is 0 Å². The standard InChI is InChI=1S/C14H15F7O2/c1-10(2)6-4-5-11(10,3)8(22)7(6)9(23)12(15,16)13(17,18)14(19,20)21/h6,23H,4-5H2,1-3H3/t6-,11+/m1/s1. The Morgan fingerprint density at radius 3 is 1.91 bits per heavy atom. The first-order chi connectivity index (χ1) is 10.0. The fourth-order valence-electron chi connectivity index (χ4n) is 3.64. The monoisotopic (exact) mass is 348 g/mol. The molecule has 2 aliphatic rings. The van der Waals surface area contributed by atoms with Crippen LogP contribution in [0, 0.1) is 16.7 Å². The Morgan fingerprint density at radius 2 is 1.57 bits per heavy atom. The van der Waals surface area contributed by atoms with Gasteiger partial charge >= 0.3 is 18.0 Å². The van der Waals surface area contributed by atoms with Crippen molar-refractivity contribution in [2.24, 2.45) is 16.7 Å². The molecule has 0 aromatic rings. The normalized spacial score (nSPS) is 33.3. The van der Waals surface area contributed by atoms with Gasteiger partial charge < -0.3 is 5.11 Å². The van der Waals surface area contributed by atoms with Crippen molar-refractivity contribution in [1.29, 1.82) is 0 Å². The molecule has 0 aromatic carbocycles. The van der Waals surface area contributed by atoms with Crippen molar-refractivity contribution in [2.75, 3.05) is 0 Å². The van der Waals surface area contributed by atoms with Crippen molar-refractivity contribution >= 4 is 5.78 Å². The molecule has 0 radical (unpaired) electrons. The summed E-state index contributed by atoms with van der Waals surface area (Å²) in [5.41, 5.74) is -3.10. The van der Waals surface area contributed by atoms with E-state index in [2.05, 4.69) is 0 Å². The Kier molecular flexibility index (Phi) is 3.47. The van der Waals surface area contributed by atoms with Gasteiger partial charge in [0, 0.05) is 11.0 Å². The molecule has 2 saturated carbocycles. The topological polar surface area (TPSA) is 37.3 Å². The third-order valence-corrected chi connectivity index (χ3v) is 5.62. The van der Waals surface area contributed by atoms with E-state index in [1.165, 1.54) is 6.92 Å². The molecular weight excluding hydrogens is 333 g/mol. The third-order valence-electron chi connectivity index (χ3n) is 5.62. The largest absolute Gasteiger partial charge is 0.506 e. The Hall–Kier alpha value is -1.28. The summed E-state index contributed by atoms with van der Waals surface area (Å²) in [4.78, 5) is 12.3. The van der Waals surface area contributed by atoms with Crippen LogP contribution < -0.4 is 0 Å². The fraction of sp³-hybridized carbons (Fsp3) is 0.786. The molecule has 1 N–H and O–H groups in total. The van der Waals surface area contributed by atoms with Gasteiger partial charge in [-0.25, -0.2) is 0 Å².